The molecule has 2 rings (SSSR count). The Morgan fingerprint density at radius 3 is 2.68 bits per heavy atom. The van der Waals surface area contributed by atoms with E-state index in [1.54, 1.807) is 18.2 Å². The van der Waals surface area contributed by atoms with Crippen LogP contribution in [0.25, 0.3) is 0 Å². The molecule has 0 bridgehead atoms. The van der Waals surface area contributed by atoms with Crippen LogP contribution in [0.5, 0.6) is 0 Å². The Kier molecular flexibility index (Phi) is 5.80. The Morgan fingerprint density at radius 1 is 1.27 bits per heavy atom. The van der Waals surface area contributed by atoms with Crippen LogP contribution in [0.4, 0.5) is 5.69 Å². The fourth-order valence-corrected chi connectivity index (χ4v) is 2.77. The molecule has 3 N–H and O–H groups in total. The molecule has 2 atom stereocenters. The molecule has 0 radical (unpaired) electrons. The van der Waals surface area contributed by atoms with Gasteiger partial charge >= 0.3 is 11.8 Å². The molecule has 1 fully saturated rings. The first-order valence-electron chi connectivity index (χ1n) is 7.51. The van der Waals surface area contributed by atoms with E-state index in [1.165, 1.54) is 0 Å². The predicted octanol–water partition coefficient (Wildman–Crippen LogP) is 2.25. The summed E-state index contributed by atoms with van der Waals surface area (Å²) in [5, 5.41) is 15.5. The molecule has 5 nitrogen and oxygen atoms in total. The topological polar surface area (TPSA) is 78.4 Å². The van der Waals surface area contributed by atoms with Crippen LogP contribution in [-0.2, 0) is 9.59 Å². The number of amides is 2. The minimum atomic E-state index is -0.731. The fraction of sp³-hybridized carbons (Fsp3) is 0.500. The second-order valence-electron chi connectivity index (χ2n) is 5.74. The van der Waals surface area contributed by atoms with E-state index in [-0.39, 0.29) is 5.92 Å². The van der Waals surface area contributed by atoms with Gasteiger partial charge < -0.3 is 15.7 Å². The maximum atomic E-state index is 11.8. The molecule has 6 heteroatoms. The minimum Gasteiger partial charge on any atom is -0.393 e. The summed E-state index contributed by atoms with van der Waals surface area (Å²) in [7, 11) is 0. The summed E-state index contributed by atoms with van der Waals surface area (Å²) >= 11 is 5.98. The van der Waals surface area contributed by atoms with E-state index < -0.39 is 17.9 Å². The third-order valence-corrected chi connectivity index (χ3v) is 4.44. The summed E-state index contributed by atoms with van der Waals surface area (Å²) in [6, 6.07) is 5.07. The smallest absolute Gasteiger partial charge is 0.313 e. The molecule has 2 amide bonds. The number of aliphatic hydroxyl groups is 1. The van der Waals surface area contributed by atoms with Crippen molar-refractivity contribution < 1.29 is 14.7 Å². The van der Waals surface area contributed by atoms with Crippen molar-refractivity contribution in [3.63, 3.8) is 0 Å². The molecule has 0 spiro atoms. The monoisotopic (exact) mass is 324 g/mol. The van der Waals surface area contributed by atoms with Gasteiger partial charge in [-0.3, -0.25) is 9.59 Å². The molecule has 1 saturated carbocycles. The summed E-state index contributed by atoms with van der Waals surface area (Å²) in [6.45, 7) is 2.18. The Labute approximate surface area is 135 Å². The normalized spacial score (nSPS) is 21.2. The zero-order chi connectivity index (χ0) is 16.1. The van der Waals surface area contributed by atoms with E-state index >= 15 is 0 Å². The summed E-state index contributed by atoms with van der Waals surface area (Å²) < 4.78 is 0. The Balaban J connectivity index is 1.84. The standard InChI is InChI=1S/C16H21ClN2O3/c1-10-6-7-12(8-13(10)17)19-16(22)15(21)18-9-11-4-2-3-5-14(11)20/h6-8,11,14,20H,2-5,9H2,1H3,(H,18,21)(H,19,22)/t11-,14+/m0/s1. The largest absolute Gasteiger partial charge is 0.393 e. The molecule has 22 heavy (non-hydrogen) atoms. The molecule has 1 aliphatic carbocycles. The molecule has 0 aliphatic heterocycles. The SMILES string of the molecule is Cc1ccc(NC(=O)C(=O)NC[C@@H]2CCCC[C@H]2O)cc1Cl. The lowest BCUT2D eigenvalue weighted by Crippen LogP contribution is -2.41. The van der Waals surface area contributed by atoms with Crippen molar-refractivity contribution in [3.8, 4) is 0 Å². The number of hydrogen-bond acceptors (Lipinski definition) is 3. The average Bonchev–Trinajstić information content (AvgIpc) is 2.50. The van der Waals surface area contributed by atoms with Crippen LogP contribution in [0.1, 0.15) is 31.2 Å². The van der Waals surface area contributed by atoms with E-state index in [1.807, 2.05) is 6.92 Å². The summed E-state index contributed by atoms with van der Waals surface area (Å²) in [5.41, 5.74) is 1.38. The van der Waals surface area contributed by atoms with Gasteiger partial charge in [-0.1, -0.05) is 30.5 Å². The number of nitrogens with one attached hydrogen (secondary N) is 2. The highest BCUT2D eigenvalue weighted by molar-refractivity contribution is 6.39. The van der Waals surface area contributed by atoms with Crippen molar-refractivity contribution in [3.05, 3.63) is 28.8 Å². The highest BCUT2D eigenvalue weighted by atomic mass is 35.5. The lowest BCUT2D eigenvalue weighted by Gasteiger charge is -2.27. The second-order valence-corrected chi connectivity index (χ2v) is 6.15. The molecular weight excluding hydrogens is 304 g/mol. The van der Waals surface area contributed by atoms with Crippen molar-refractivity contribution in [1.82, 2.24) is 5.32 Å². The Bertz CT molecular complexity index is 562. The number of halogens is 1. The average molecular weight is 325 g/mol. The van der Waals surface area contributed by atoms with Crippen molar-refractivity contribution in [2.24, 2.45) is 5.92 Å². The van der Waals surface area contributed by atoms with Gasteiger partial charge in [0.05, 0.1) is 6.10 Å². The highest BCUT2D eigenvalue weighted by Crippen LogP contribution is 2.23. The fourth-order valence-electron chi connectivity index (χ4n) is 2.59. The maximum absolute atomic E-state index is 11.8. The quantitative estimate of drug-likeness (QED) is 0.746. The predicted molar refractivity (Wildman–Crippen MR) is 85.8 cm³/mol. The molecule has 120 valence electrons. The Hall–Kier alpha value is -1.59. The zero-order valence-electron chi connectivity index (χ0n) is 12.6. The summed E-state index contributed by atoms with van der Waals surface area (Å²) in [4.78, 5) is 23.6. The lowest BCUT2D eigenvalue weighted by molar-refractivity contribution is -0.136. The van der Waals surface area contributed by atoms with Crippen LogP contribution < -0.4 is 10.6 Å². The first-order valence-corrected chi connectivity index (χ1v) is 7.88. The summed E-state index contributed by atoms with van der Waals surface area (Å²) in [5.74, 6) is -1.40. The van der Waals surface area contributed by atoms with E-state index in [4.69, 9.17) is 11.6 Å². The first kappa shape index (κ1) is 16.8. The molecule has 0 saturated heterocycles. The molecule has 0 heterocycles. The van der Waals surface area contributed by atoms with Crippen LogP contribution in [0.3, 0.4) is 0 Å². The van der Waals surface area contributed by atoms with Crippen molar-refractivity contribution in [1.29, 1.82) is 0 Å². The van der Waals surface area contributed by atoms with Crippen LogP contribution >= 0.6 is 11.6 Å². The van der Waals surface area contributed by atoms with Gasteiger partial charge in [0, 0.05) is 23.2 Å². The molecular formula is C16H21ClN2O3. The van der Waals surface area contributed by atoms with Gasteiger partial charge in [0.2, 0.25) is 0 Å². The summed E-state index contributed by atoms with van der Waals surface area (Å²) in [6.07, 6.45) is 3.30. The maximum Gasteiger partial charge on any atom is 0.313 e. The van der Waals surface area contributed by atoms with Crippen LogP contribution in [0.15, 0.2) is 18.2 Å². The van der Waals surface area contributed by atoms with Crippen molar-refractivity contribution >= 4 is 29.1 Å². The molecule has 1 aromatic carbocycles. The van der Waals surface area contributed by atoms with E-state index in [0.29, 0.717) is 17.3 Å². The number of anilines is 1. The number of benzene rings is 1. The molecule has 1 aliphatic rings. The zero-order valence-corrected chi connectivity index (χ0v) is 13.3. The van der Waals surface area contributed by atoms with E-state index in [2.05, 4.69) is 10.6 Å². The third kappa shape index (κ3) is 4.45. The number of aliphatic hydroxyl groups excluding tert-OH is 1. The van der Waals surface area contributed by atoms with E-state index in [9.17, 15) is 14.7 Å². The minimum absolute atomic E-state index is 0.0271. The number of rotatable bonds is 3. The van der Waals surface area contributed by atoms with Gasteiger partial charge in [-0.05, 0) is 37.5 Å². The Morgan fingerprint density at radius 2 is 2.00 bits per heavy atom. The molecule has 0 unspecified atom stereocenters. The van der Waals surface area contributed by atoms with Gasteiger partial charge in [-0.15, -0.1) is 0 Å². The molecule has 0 aromatic heterocycles. The van der Waals surface area contributed by atoms with Gasteiger partial charge in [0.15, 0.2) is 0 Å². The van der Waals surface area contributed by atoms with Crippen molar-refractivity contribution in [2.75, 3.05) is 11.9 Å². The number of aryl methyl sites for hydroxylation is 1. The van der Waals surface area contributed by atoms with E-state index in [0.717, 1.165) is 31.2 Å². The molecule has 1 aromatic rings. The number of carbonyl (C=O) groups excluding carboxylic acids is 2. The van der Waals surface area contributed by atoms with Crippen molar-refractivity contribution in [2.45, 2.75) is 38.7 Å². The highest BCUT2D eigenvalue weighted by Gasteiger charge is 2.24. The van der Waals surface area contributed by atoms with Crippen LogP contribution in [0.2, 0.25) is 5.02 Å². The van der Waals surface area contributed by atoms with Gasteiger partial charge in [-0.25, -0.2) is 0 Å². The third-order valence-electron chi connectivity index (χ3n) is 4.03. The number of carbonyl (C=O) groups is 2. The van der Waals surface area contributed by atoms with Gasteiger partial charge in [0.1, 0.15) is 0 Å². The van der Waals surface area contributed by atoms with Crippen LogP contribution in [0, 0.1) is 12.8 Å². The van der Waals surface area contributed by atoms with Crippen LogP contribution in [-0.4, -0.2) is 29.6 Å². The second kappa shape index (κ2) is 7.61. The first-order chi connectivity index (χ1) is 10.5. The lowest BCUT2D eigenvalue weighted by atomic mass is 9.86. The van der Waals surface area contributed by atoms with Gasteiger partial charge in [0.25, 0.3) is 0 Å². The van der Waals surface area contributed by atoms with Gasteiger partial charge in [-0.2, -0.15) is 0 Å². The number of hydrogen-bond donors (Lipinski definition) is 3.